The zero-order valence-electron chi connectivity index (χ0n) is 19.0. The van der Waals surface area contributed by atoms with E-state index in [9.17, 15) is 26.4 Å². The Balaban J connectivity index is 1.91. The quantitative estimate of drug-likeness (QED) is 0.584. The highest BCUT2D eigenvalue weighted by Gasteiger charge is 2.36. The number of anilines is 1. The van der Waals surface area contributed by atoms with Crippen LogP contribution >= 0.6 is 0 Å². The highest BCUT2D eigenvalue weighted by atomic mass is 32.2. The molecule has 3 rings (SSSR count). The maximum absolute atomic E-state index is 13.8. The van der Waals surface area contributed by atoms with E-state index in [0.29, 0.717) is 24.0 Å². The normalized spacial score (nSPS) is 15.6. The van der Waals surface area contributed by atoms with Crippen LogP contribution in [0.2, 0.25) is 0 Å². The largest absolute Gasteiger partial charge is 0.416 e. The molecule has 1 saturated carbocycles. The van der Waals surface area contributed by atoms with Crippen molar-refractivity contribution in [2.45, 2.75) is 70.0 Å². The van der Waals surface area contributed by atoms with Crippen molar-refractivity contribution >= 4 is 21.6 Å². The number of amides is 1. The predicted octanol–water partition coefficient (Wildman–Crippen LogP) is 5.59. The number of carbonyl (C=O) groups is 1. The van der Waals surface area contributed by atoms with Crippen molar-refractivity contribution in [2.75, 3.05) is 11.9 Å². The highest BCUT2D eigenvalue weighted by Crippen LogP contribution is 2.32. The smallest absolute Gasteiger partial charge is 0.325 e. The first-order chi connectivity index (χ1) is 15.4. The van der Waals surface area contributed by atoms with Crippen LogP contribution in [0.15, 0.2) is 41.3 Å². The number of benzene rings is 2. The average molecular weight is 483 g/mol. The summed E-state index contributed by atoms with van der Waals surface area (Å²) in [6, 6.07) is 7.55. The summed E-state index contributed by atoms with van der Waals surface area (Å²) in [5.41, 5.74) is 1.23. The van der Waals surface area contributed by atoms with Gasteiger partial charge in [0.25, 0.3) is 0 Å². The summed E-state index contributed by atoms with van der Waals surface area (Å²) in [4.78, 5) is 13.0. The van der Waals surface area contributed by atoms with Gasteiger partial charge in [0, 0.05) is 11.7 Å². The van der Waals surface area contributed by atoms with E-state index in [1.165, 1.54) is 16.4 Å². The molecule has 1 aliphatic carbocycles. The second kappa shape index (κ2) is 9.85. The van der Waals surface area contributed by atoms with Crippen LogP contribution < -0.4 is 5.32 Å². The van der Waals surface area contributed by atoms with E-state index in [1.807, 2.05) is 6.92 Å². The Hall–Kier alpha value is -2.39. The molecule has 33 heavy (non-hydrogen) atoms. The number of hydrogen-bond donors (Lipinski definition) is 1. The Morgan fingerprint density at radius 1 is 1.03 bits per heavy atom. The first-order valence-electron chi connectivity index (χ1n) is 11.0. The van der Waals surface area contributed by atoms with Crippen LogP contribution in [0.3, 0.4) is 0 Å². The van der Waals surface area contributed by atoms with Gasteiger partial charge < -0.3 is 5.32 Å². The number of nitrogens with one attached hydrogen (secondary N) is 1. The van der Waals surface area contributed by atoms with Gasteiger partial charge in [-0.2, -0.15) is 17.5 Å². The molecule has 5 nitrogen and oxygen atoms in total. The molecule has 0 bridgehead atoms. The molecular weight excluding hydrogens is 453 g/mol. The number of carbonyl (C=O) groups excluding carboxylic acids is 1. The molecule has 1 amide bonds. The van der Waals surface area contributed by atoms with E-state index in [1.54, 1.807) is 26.0 Å². The van der Waals surface area contributed by atoms with Crippen LogP contribution in [-0.4, -0.2) is 31.2 Å². The lowest BCUT2D eigenvalue weighted by molar-refractivity contribution is -0.137. The van der Waals surface area contributed by atoms with E-state index in [2.05, 4.69) is 5.32 Å². The van der Waals surface area contributed by atoms with Crippen LogP contribution in [-0.2, 0) is 21.0 Å². The van der Waals surface area contributed by atoms with Crippen molar-refractivity contribution in [1.82, 2.24) is 4.31 Å². The third-order valence-electron chi connectivity index (χ3n) is 5.93. The van der Waals surface area contributed by atoms with Gasteiger partial charge >= 0.3 is 6.18 Å². The van der Waals surface area contributed by atoms with Crippen LogP contribution in [0.5, 0.6) is 0 Å². The Kier molecular flexibility index (Phi) is 7.53. The fourth-order valence-corrected chi connectivity index (χ4v) is 6.64. The minimum Gasteiger partial charge on any atom is -0.325 e. The summed E-state index contributed by atoms with van der Waals surface area (Å²) < 4.78 is 67.8. The van der Waals surface area contributed by atoms with Crippen LogP contribution in [0.1, 0.15) is 54.4 Å². The standard InChI is InChI=1S/C24H29F3N2O3S/c1-16-12-17(2)23(18(3)13-16)33(31,32)29(21-10-5-4-6-11-21)15-22(30)28-20-9-7-8-19(14-20)24(25,26)27/h7-9,12-14,21H,4-6,10-11,15H2,1-3H3,(H,28,30). The van der Waals surface area contributed by atoms with Crippen molar-refractivity contribution in [2.24, 2.45) is 0 Å². The Bertz CT molecular complexity index is 1100. The van der Waals surface area contributed by atoms with Crippen LogP contribution in [0.4, 0.5) is 18.9 Å². The fourth-order valence-electron chi connectivity index (χ4n) is 4.59. The molecule has 1 fully saturated rings. The number of halogens is 3. The zero-order valence-corrected chi connectivity index (χ0v) is 19.8. The van der Waals surface area contributed by atoms with Crippen molar-refractivity contribution in [3.63, 3.8) is 0 Å². The SMILES string of the molecule is Cc1cc(C)c(S(=O)(=O)N(CC(=O)Nc2cccc(C(F)(F)F)c2)C2CCCCC2)c(C)c1. The van der Waals surface area contributed by atoms with E-state index in [-0.39, 0.29) is 16.6 Å². The molecule has 0 heterocycles. The Labute approximate surface area is 193 Å². The van der Waals surface area contributed by atoms with Gasteiger partial charge in [-0.3, -0.25) is 4.79 Å². The summed E-state index contributed by atoms with van der Waals surface area (Å²) in [7, 11) is -4.01. The fraction of sp³-hybridized carbons (Fsp3) is 0.458. The number of sulfonamides is 1. The Morgan fingerprint density at radius 3 is 2.21 bits per heavy atom. The summed E-state index contributed by atoms with van der Waals surface area (Å²) >= 11 is 0. The van der Waals surface area contributed by atoms with E-state index in [0.717, 1.165) is 37.0 Å². The molecule has 0 spiro atoms. The molecular formula is C24H29F3N2O3S. The second-order valence-electron chi connectivity index (χ2n) is 8.70. The van der Waals surface area contributed by atoms with Gasteiger partial charge in [-0.1, -0.05) is 43.0 Å². The summed E-state index contributed by atoms with van der Waals surface area (Å²) in [6.45, 7) is 4.89. The molecule has 1 N–H and O–H groups in total. The third-order valence-corrected chi connectivity index (χ3v) is 8.13. The molecule has 1 aliphatic rings. The van der Waals surface area contributed by atoms with E-state index in [4.69, 9.17) is 0 Å². The molecule has 0 unspecified atom stereocenters. The monoisotopic (exact) mass is 482 g/mol. The van der Waals surface area contributed by atoms with Crippen molar-refractivity contribution in [3.05, 3.63) is 58.7 Å². The lowest BCUT2D eigenvalue weighted by Gasteiger charge is -2.33. The van der Waals surface area contributed by atoms with Gasteiger partial charge in [0.2, 0.25) is 15.9 Å². The average Bonchev–Trinajstić information content (AvgIpc) is 2.71. The molecule has 0 radical (unpaired) electrons. The van der Waals surface area contributed by atoms with Gasteiger partial charge in [-0.25, -0.2) is 8.42 Å². The van der Waals surface area contributed by atoms with E-state index >= 15 is 0 Å². The molecule has 0 aliphatic heterocycles. The molecule has 0 atom stereocenters. The van der Waals surface area contributed by atoms with Crippen molar-refractivity contribution < 1.29 is 26.4 Å². The molecule has 0 aromatic heterocycles. The minimum absolute atomic E-state index is 0.0292. The van der Waals surface area contributed by atoms with E-state index < -0.39 is 34.2 Å². The second-order valence-corrected chi connectivity index (χ2v) is 10.5. The lowest BCUT2D eigenvalue weighted by Crippen LogP contribution is -2.46. The molecule has 2 aromatic rings. The maximum Gasteiger partial charge on any atom is 0.416 e. The van der Waals surface area contributed by atoms with Gasteiger partial charge in [0.1, 0.15) is 0 Å². The number of hydrogen-bond acceptors (Lipinski definition) is 3. The Morgan fingerprint density at radius 2 is 1.64 bits per heavy atom. The van der Waals surface area contributed by atoms with Gasteiger partial charge in [0.05, 0.1) is 17.0 Å². The summed E-state index contributed by atoms with van der Waals surface area (Å²) in [5.74, 6) is -0.675. The molecule has 180 valence electrons. The zero-order chi connectivity index (χ0) is 24.4. The van der Waals surface area contributed by atoms with Gasteiger partial charge in [-0.05, 0) is 62.9 Å². The molecule has 2 aromatic carbocycles. The first-order valence-corrected chi connectivity index (χ1v) is 12.4. The first kappa shape index (κ1) is 25.2. The number of rotatable bonds is 6. The number of nitrogens with zero attached hydrogens (tertiary/aromatic N) is 1. The predicted molar refractivity (Wildman–Crippen MR) is 121 cm³/mol. The summed E-state index contributed by atoms with van der Waals surface area (Å²) in [5, 5.41) is 2.44. The molecule has 0 saturated heterocycles. The molecule has 9 heteroatoms. The van der Waals surface area contributed by atoms with Crippen LogP contribution in [0.25, 0.3) is 0 Å². The van der Waals surface area contributed by atoms with Crippen molar-refractivity contribution in [1.29, 1.82) is 0 Å². The number of aryl methyl sites for hydroxylation is 3. The summed E-state index contributed by atoms with van der Waals surface area (Å²) in [6.07, 6.45) is -0.544. The van der Waals surface area contributed by atoms with Gasteiger partial charge in [0.15, 0.2) is 0 Å². The number of alkyl halides is 3. The van der Waals surface area contributed by atoms with Crippen molar-refractivity contribution in [3.8, 4) is 0 Å². The maximum atomic E-state index is 13.8. The highest BCUT2D eigenvalue weighted by molar-refractivity contribution is 7.89. The third kappa shape index (κ3) is 5.95. The lowest BCUT2D eigenvalue weighted by atomic mass is 9.95. The van der Waals surface area contributed by atoms with Gasteiger partial charge in [-0.15, -0.1) is 0 Å². The van der Waals surface area contributed by atoms with Crippen LogP contribution in [0, 0.1) is 20.8 Å². The minimum atomic E-state index is -4.54. The topological polar surface area (TPSA) is 66.5 Å².